The van der Waals surface area contributed by atoms with Crippen molar-refractivity contribution in [2.24, 2.45) is 5.73 Å². The van der Waals surface area contributed by atoms with Gasteiger partial charge < -0.3 is 10.3 Å². The fourth-order valence-corrected chi connectivity index (χ4v) is 2.99. The Balaban J connectivity index is 2.09. The molecule has 1 aromatic rings. The van der Waals surface area contributed by atoms with Crippen molar-refractivity contribution in [1.82, 2.24) is 14.9 Å². The second kappa shape index (κ2) is 7.43. The van der Waals surface area contributed by atoms with Crippen LogP contribution in [-0.2, 0) is 11.3 Å². The summed E-state index contributed by atoms with van der Waals surface area (Å²) in [6, 6.07) is -0.0351. The van der Waals surface area contributed by atoms with E-state index in [9.17, 15) is 4.79 Å². The fraction of sp³-hybridized carbons (Fsp3) is 0.733. The number of rotatable bonds is 6. The van der Waals surface area contributed by atoms with Gasteiger partial charge in [0.05, 0.1) is 18.2 Å². The van der Waals surface area contributed by atoms with Crippen LogP contribution in [-0.4, -0.2) is 21.5 Å². The maximum atomic E-state index is 11.8. The lowest BCUT2D eigenvalue weighted by Gasteiger charge is -2.23. The molecule has 0 aromatic carbocycles. The lowest BCUT2D eigenvalue weighted by Crippen LogP contribution is -2.40. The third-order valence-corrected chi connectivity index (χ3v) is 4.05. The molecule has 5 nitrogen and oxygen atoms in total. The molecule has 0 spiro atoms. The van der Waals surface area contributed by atoms with E-state index in [0.717, 1.165) is 31.5 Å². The first-order valence-corrected chi connectivity index (χ1v) is 7.77. The van der Waals surface area contributed by atoms with Crippen molar-refractivity contribution in [1.29, 1.82) is 0 Å². The summed E-state index contributed by atoms with van der Waals surface area (Å²) in [7, 11) is 0. The highest BCUT2D eigenvalue weighted by atomic mass is 16.1. The SMILES string of the molecule is CCCn1cncc1C(NC1CCCCCC1)C(N)=O. The maximum Gasteiger partial charge on any atom is 0.240 e. The van der Waals surface area contributed by atoms with Crippen LogP contribution in [0, 0.1) is 0 Å². The van der Waals surface area contributed by atoms with E-state index >= 15 is 0 Å². The second-order valence-electron chi connectivity index (χ2n) is 5.70. The van der Waals surface area contributed by atoms with Gasteiger partial charge in [-0.05, 0) is 19.3 Å². The normalized spacial score (nSPS) is 18.6. The van der Waals surface area contributed by atoms with E-state index in [1.807, 2.05) is 4.57 Å². The average Bonchev–Trinajstić information content (AvgIpc) is 2.72. The summed E-state index contributed by atoms with van der Waals surface area (Å²) < 4.78 is 2.03. The van der Waals surface area contributed by atoms with Crippen LogP contribution in [0.15, 0.2) is 12.5 Å². The Morgan fingerprint density at radius 1 is 1.45 bits per heavy atom. The second-order valence-corrected chi connectivity index (χ2v) is 5.70. The van der Waals surface area contributed by atoms with E-state index in [2.05, 4.69) is 17.2 Å². The van der Waals surface area contributed by atoms with Gasteiger partial charge in [-0.3, -0.25) is 10.1 Å². The molecule has 0 bridgehead atoms. The fourth-order valence-electron chi connectivity index (χ4n) is 2.99. The van der Waals surface area contributed by atoms with E-state index in [-0.39, 0.29) is 5.91 Å². The van der Waals surface area contributed by atoms with Crippen LogP contribution in [0.5, 0.6) is 0 Å². The van der Waals surface area contributed by atoms with Crippen LogP contribution in [0.2, 0.25) is 0 Å². The highest BCUT2D eigenvalue weighted by Gasteiger charge is 2.25. The monoisotopic (exact) mass is 278 g/mol. The van der Waals surface area contributed by atoms with Crippen LogP contribution in [0.4, 0.5) is 0 Å². The molecule has 3 N–H and O–H groups in total. The number of nitrogens with one attached hydrogen (secondary N) is 1. The summed E-state index contributed by atoms with van der Waals surface area (Å²) in [5, 5.41) is 3.46. The van der Waals surface area contributed by atoms with Gasteiger partial charge in [-0.25, -0.2) is 4.98 Å². The molecule has 2 rings (SSSR count). The van der Waals surface area contributed by atoms with Gasteiger partial charge in [-0.1, -0.05) is 32.6 Å². The van der Waals surface area contributed by atoms with Gasteiger partial charge in [-0.15, -0.1) is 0 Å². The first kappa shape index (κ1) is 15.0. The molecule has 1 fully saturated rings. The van der Waals surface area contributed by atoms with Crippen molar-refractivity contribution in [2.45, 2.75) is 70.5 Å². The Hall–Kier alpha value is -1.36. The predicted molar refractivity (Wildman–Crippen MR) is 79.1 cm³/mol. The number of amides is 1. The number of nitrogens with two attached hydrogens (primary N) is 1. The van der Waals surface area contributed by atoms with Crippen molar-refractivity contribution >= 4 is 5.91 Å². The molecule has 0 radical (unpaired) electrons. The van der Waals surface area contributed by atoms with E-state index < -0.39 is 6.04 Å². The lowest BCUT2D eigenvalue weighted by molar-refractivity contribution is -0.120. The summed E-state index contributed by atoms with van der Waals surface area (Å²) in [4.78, 5) is 16.0. The summed E-state index contributed by atoms with van der Waals surface area (Å²) in [5.41, 5.74) is 6.50. The van der Waals surface area contributed by atoms with Crippen LogP contribution in [0.3, 0.4) is 0 Å². The summed E-state index contributed by atoms with van der Waals surface area (Å²) in [6.07, 6.45) is 11.9. The Labute approximate surface area is 120 Å². The number of aryl methyl sites for hydroxylation is 1. The highest BCUT2D eigenvalue weighted by molar-refractivity contribution is 5.81. The molecule has 1 atom stereocenters. The first-order chi connectivity index (χ1) is 9.72. The van der Waals surface area contributed by atoms with Crippen LogP contribution >= 0.6 is 0 Å². The molecule has 1 aliphatic carbocycles. The summed E-state index contributed by atoms with van der Waals surface area (Å²) in [6.45, 7) is 2.98. The molecule has 1 unspecified atom stereocenters. The molecule has 5 heteroatoms. The molecule has 0 saturated heterocycles. The van der Waals surface area contributed by atoms with Gasteiger partial charge in [0.25, 0.3) is 0 Å². The molecule has 1 saturated carbocycles. The maximum absolute atomic E-state index is 11.8. The van der Waals surface area contributed by atoms with Gasteiger partial charge in [0, 0.05) is 12.6 Å². The minimum Gasteiger partial charge on any atom is -0.368 e. The zero-order chi connectivity index (χ0) is 14.4. The van der Waals surface area contributed by atoms with Crippen molar-refractivity contribution in [3.8, 4) is 0 Å². The lowest BCUT2D eigenvalue weighted by atomic mass is 10.1. The number of imidazole rings is 1. The van der Waals surface area contributed by atoms with Crippen LogP contribution < -0.4 is 11.1 Å². The van der Waals surface area contributed by atoms with E-state index in [1.165, 1.54) is 25.7 Å². The number of primary amides is 1. The van der Waals surface area contributed by atoms with Crippen molar-refractivity contribution in [2.75, 3.05) is 0 Å². The number of hydrogen-bond donors (Lipinski definition) is 2. The molecule has 1 aromatic heterocycles. The zero-order valence-corrected chi connectivity index (χ0v) is 12.3. The zero-order valence-electron chi connectivity index (χ0n) is 12.3. The third kappa shape index (κ3) is 3.82. The number of carbonyl (C=O) groups excluding carboxylic acids is 1. The van der Waals surface area contributed by atoms with Gasteiger partial charge in [0.2, 0.25) is 5.91 Å². The Kier molecular flexibility index (Phi) is 5.59. The smallest absolute Gasteiger partial charge is 0.240 e. The molecule has 1 heterocycles. The number of carbonyl (C=O) groups is 1. The van der Waals surface area contributed by atoms with E-state index in [1.54, 1.807) is 12.5 Å². The largest absolute Gasteiger partial charge is 0.368 e. The van der Waals surface area contributed by atoms with Crippen molar-refractivity contribution < 1.29 is 4.79 Å². The molecule has 1 aliphatic rings. The van der Waals surface area contributed by atoms with Crippen molar-refractivity contribution in [3.63, 3.8) is 0 Å². The van der Waals surface area contributed by atoms with Gasteiger partial charge in [0.1, 0.15) is 6.04 Å². The molecule has 0 aliphatic heterocycles. The quantitative estimate of drug-likeness (QED) is 0.783. The third-order valence-electron chi connectivity index (χ3n) is 4.05. The van der Waals surface area contributed by atoms with Gasteiger partial charge in [-0.2, -0.15) is 0 Å². The van der Waals surface area contributed by atoms with Gasteiger partial charge in [0.15, 0.2) is 0 Å². The summed E-state index contributed by atoms with van der Waals surface area (Å²) >= 11 is 0. The Morgan fingerprint density at radius 3 is 2.75 bits per heavy atom. The highest BCUT2D eigenvalue weighted by Crippen LogP contribution is 2.21. The number of nitrogens with zero attached hydrogens (tertiary/aromatic N) is 2. The standard InChI is InChI=1S/C15H26N4O/c1-2-9-19-11-17-10-13(19)14(15(16)20)18-12-7-5-3-4-6-8-12/h10-12,14,18H,2-9H2,1H3,(H2,16,20). The first-order valence-electron chi connectivity index (χ1n) is 7.77. The molecule has 112 valence electrons. The number of aromatic nitrogens is 2. The van der Waals surface area contributed by atoms with Gasteiger partial charge >= 0.3 is 0 Å². The van der Waals surface area contributed by atoms with Crippen molar-refractivity contribution in [3.05, 3.63) is 18.2 Å². The van der Waals surface area contributed by atoms with Crippen LogP contribution in [0.1, 0.15) is 63.6 Å². The molecule has 1 amide bonds. The Morgan fingerprint density at radius 2 is 2.15 bits per heavy atom. The number of hydrogen-bond acceptors (Lipinski definition) is 3. The Bertz CT molecular complexity index is 421. The molecular formula is C15H26N4O. The van der Waals surface area contributed by atoms with E-state index in [4.69, 9.17) is 5.73 Å². The molecule has 20 heavy (non-hydrogen) atoms. The summed E-state index contributed by atoms with van der Waals surface area (Å²) in [5.74, 6) is -0.313. The molecular weight excluding hydrogens is 252 g/mol. The predicted octanol–water partition coefficient (Wildman–Crippen LogP) is 2.13. The minimum absolute atomic E-state index is 0.313. The van der Waals surface area contributed by atoms with E-state index in [0.29, 0.717) is 6.04 Å². The van der Waals surface area contributed by atoms with Crippen LogP contribution in [0.25, 0.3) is 0 Å². The minimum atomic E-state index is -0.424. The average molecular weight is 278 g/mol. The topological polar surface area (TPSA) is 72.9 Å².